The molecule has 1 heterocycles. The summed E-state index contributed by atoms with van der Waals surface area (Å²) < 4.78 is 0.964. The van der Waals surface area contributed by atoms with E-state index in [2.05, 4.69) is 20.9 Å². The van der Waals surface area contributed by atoms with Gasteiger partial charge in [-0.15, -0.1) is 11.3 Å². The van der Waals surface area contributed by atoms with Crippen LogP contribution in [0.4, 0.5) is 0 Å². The van der Waals surface area contributed by atoms with Gasteiger partial charge in [0.1, 0.15) is 0 Å². The lowest BCUT2D eigenvalue weighted by Crippen LogP contribution is -2.13. The number of nitrogens with two attached hydrogens (primary N) is 1. The van der Waals surface area contributed by atoms with Crippen LogP contribution in [0.2, 0.25) is 5.02 Å². The van der Waals surface area contributed by atoms with Gasteiger partial charge in [0.25, 0.3) is 0 Å². The van der Waals surface area contributed by atoms with Crippen molar-refractivity contribution in [1.82, 2.24) is 4.98 Å². The molecule has 0 bridgehead atoms. The molecule has 2 N–H and O–H groups in total. The molecule has 84 valence electrons. The van der Waals surface area contributed by atoms with E-state index < -0.39 is 0 Å². The van der Waals surface area contributed by atoms with Crippen molar-refractivity contribution in [2.45, 2.75) is 12.5 Å². The van der Waals surface area contributed by atoms with Gasteiger partial charge in [0, 0.05) is 33.0 Å². The molecule has 0 amide bonds. The predicted octanol–water partition coefficient (Wildman–Crippen LogP) is 3.80. The van der Waals surface area contributed by atoms with Gasteiger partial charge in [-0.1, -0.05) is 33.6 Å². The van der Waals surface area contributed by atoms with Gasteiger partial charge < -0.3 is 5.73 Å². The molecule has 2 aromatic rings. The first-order valence-electron chi connectivity index (χ1n) is 4.74. The molecule has 0 fully saturated rings. The number of nitrogens with zero attached hydrogens (tertiary/aromatic N) is 1. The van der Waals surface area contributed by atoms with Crippen molar-refractivity contribution in [2.24, 2.45) is 5.73 Å². The van der Waals surface area contributed by atoms with Crippen molar-refractivity contribution in [3.8, 4) is 0 Å². The molecule has 1 atom stereocenters. The molecule has 1 aromatic heterocycles. The number of halogens is 2. The minimum Gasteiger partial charge on any atom is -0.324 e. The van der Waals surface area contributed by atoms with Crippen LogP contribution in [0, 0.1) is 0 Å². The lowest BCUT2D eigenvalue weighted by Gasteiger charge is -2.12. The SMILES string of the molecule is NC(Cc1cncs1)c1ccc(Br)cc1Cl. The molecule has 2 nitrogen and oxygen atoms in total. The van der Waals surface area contributed by atoms with Gasteiger partial charge in [0.2, 0.25) is 0 Å². The fourth-order valence-electron chi connectivity index (χ4n) is 1.47. The maximum Gasteiger partial charge on any atom is 0.0794 e. The fraction of sp³-hybridized carbons (Fsp3) is 0.182. The molecule has 0 saturated heterocycles. The lowest BCUT2D eigenvalue weighted by atomic mass is 10.0. The van der Waals surface area contributed by atoms with Crippen molar-refractivity contribution in [2.75, 3.05) is 0 Å². The number of rotatable bonds is 3. The molecule has 0 aliphatic carbocycles. The van der Waals surface area contributed by atoms with Gasteiger partial charge in [-0.05, 0) is 17.7 Å². The summed E-state index contributed by atoms with van der Waals surface area (Å²) in [6, 6.07) is 5.69. The van der Waals surface area contributed by atoms with Gasteiger partial charge in [-0.2, -0.15) is 0 Å². The summed E-state index contributed by atoms with van der Waals surface area (Å²) in [5, 5.41) is 0.700. The predicted molar refractivity (Wildman–Crippen MR) is 71.9 cm³/mol. The van der Waals surface area contributed by atoms with E-state index in [1.54, 1.807) is 11.3 Å². The quantitative estimate of drug-likeness (QED) is 0.935. The molecular formula is C11H10BrClN2S. The highest BCUT2D eigenvalue weighted by molar-refractivity contribution is 9.10. The van der Waals surface area contributed by atoms with E-state index in [-0.39, 0.29) is 6.04 Å². The number of benzene rings is 1. The van der Waals surface area contributed by atoms with Gasteiger partial charge in [0.15, 0.2) is 0 Å². The number of thiazole rings is 1. The van der Waals surface area contributed by atoms with E-state index in [0.717, 1.165) is 16.5 Å². The van der Waals surface area contributed by atoms with E-state index in [9.17, 15) is 0 Å². The van der Waals surface area contributed by atoms with Crippen LogP contribution in [0.25, 0.3) is 0 Å². The zero-order valence-corrected chi connectivity index (χ0v) is 11.5. The highest BCUT2D eigenvalue weighted by Gasteiger charge is 2.11. The second kappa shape index (κ2) is 5.27. The van der Waals surface area contributed by atoms with Crippen LogP contribution < -0.4 is 5.73 Å². The van der Waals surface area contributed by atoms with E-state index in [1.165, 1.54) is 4.88 Å². The van der Waals surface area contributed by atoms with Crippen LogP contribution in [-0.2, 0) is 6.42 Å². The zero-order chi connectivity index (χ0) is 11.5. The Hall–Kier alpha value is -0.420. The summed E-state index contributed by atoms with van der Waals surface area (Å²) in [5.41, 5.74) is 8.90. The Bertz CT molecular complexity index is 473. The van der Waals surface area contributed by atoms with Crippen LogP contribution in [0.1, 0.15) is 16.5 Å². The summed E-state index contributed by atoms with van der Waals surface area (Å²) in [7, 11) is 0. The van der Waals surface area contributed by atoms with Crippen molar-refractivity contribution < 1.29 is 0 Å². The van der Waals surface area contributed by atoms with Gasteiger partial charge in [-0.3, -0.25) is 4.98 Å². The summed E-state index contributed by atoms with van der Waals surface area (Å²) in [6.45, 7) is 0. The number of hydrogen-bond acceptors (Lipinski definition) is 3. The summed E-state index contributed by atoms with van der Waals surface area (Å²) >= 11 is 11.1. The van der Waals surface area contributed by atoms with Crippen LogP contribution in [0.15, 0.2) is 34.4 Å². The number of hydrogen-bond donors (Lipinski definition) is 1. The van der Waals surface area contributed by atoms with Gasteiger partial charge >= 0.3 is 0 Å². The summed E-state index contributed by atoms with van der Waals surface area (Å²) in [6.07, 6.45) is 2.61. The minimum atomic E-state index is -0.0824. The maximum absolute atomic E-state index is 6.14. The Labute approximate surface area is 112 Å². The molecule has 1 aromatic carbocycles. The van der Waals surface area contributed by atoms with E-state index in [4.69, 9.17) is 17.3 Å². The topological polar surface area (TPSA) is 38.9 Å². The molecule has 0 aliphatic rings. The number of aromatic nitrogens is 1. The van der Waals surface area contributed by atoms with Gasteiger partial charge in [-0.25, -0.2) is 0 Å². The fourth-order valence-corrected chi connectivity index (χ4v) is 2.94. The first-order chi connectivity index (χ1) is 7.66. The molecule has 0 spiro atoms. The highest BCUT2D eigenvalue weighted by atomic mass is 79.9. The summed E-state index contributed by atoms with van der Waals surface area (Å²) in [4.78, 5) is 5.20. The van der Waals surface area contributed by atoms with E-state index in [0.29, 0.717) is 5.02 Å². The van der Waals surface area contributed by atoms with E-state index in [1.807, 2.05) is 29.9 Å². The molecule has 16 heavy (non-hydrogen) atoms. The molecule has 0 radical (unpaired) electrons. The van der Waals surface area contributed by atoms with Crippen molar-refractivity contribution in [3.05, 3.63) is 49.8 Å². The zero-order valence-electron chi connectivity index (χ0n) is 8.36. The normalized spacial score (nSPS) is 12.7. The molecular weight excluding hydrogens is 308 g/mol. The van der Waals surface area contributed by atoms with Crippen molar-refractivity contribution in [1.29, 1.82) is 0 Å². The smallest absolute Gasteiger partial charge is 0.0794 e. The Balaban J connectivity index is 2.17. The minimum absolute atomic E-state index is 0.0824. The molecule has 0 aliphatic heterocycles. The summed E-state index contributed by atoms with van der Waals surface area (Å²) in [5.74, 6) is 0. The third-order valence-corrected chi connectivity index (χ3v) is 3.89. The van der Waals surface area contributed by atoms with Crippen LogP contribution >= 0.6 is 38.9 Å². The first-order valence-corrected chi connectivity index (χ1v) is 6.80. The van der Waals surface area contributed by atoms with Crippen molar-refractivity contribution in [3.63, 3.8) is 0 Å². The Morgan fingerprint density at radius 1 is 1.50 bits per heavy atom. The first kappa shape index (κ1) is 12.0. The molecule has 0 saturated carbocycles. The van der Waals surface area contributed by atoms with Crippen LogP contribution in [-0.4, -0.2) is 4.98 Å². The Kier molecular flexibility index (Phi) is 3.97. The van der Waals surface area contributed by atoms with Gasteiger partial charge in [0.05, 0.1) is 5.51 Å². The average Bonchev–Trinajstić information content (AvgIpc) is 2.70. The largest absolute Gasteiger partial charge is 0.324 e. The Morgan fingerprint density at radius 3 is 2.94 bits per heavy atom. The second-order valence-corrected chi connectivity index (χ2v) is 5.74. The Morgan fingerprint density at radius 2 is 2.31 bits per heavy atom. The molecule has 1 unspecified atom stereocenters. The maximum atomic E-state index is 6.14. The molecule has 2 rings (SSSR count). The highest BCUT2D eigenvalue weighted by Crippen LogP contribution is 2.27. The van der Waals surface area contributed by atoms with Crippen molar-refractivity contribution >= 4 is 38.9 Å². The monoisotopic (exact) mass is 316 g/mol. The van der Waals surface area contributed by atoms with E-state index >= 15 is 0 Å². The standard InChI is InChI=1S/C11H10BrClN2S/c12-7-1-2-9(10(13)3-7)11(14)4-8-5-15-6-16-8/h1-3,5-6,11H,4,14H2. The average molecular weight is 318 g/mol. The third kappa shape index (κ3) is 2.83. The third-order valence-electron chi connectivity index (χ3n) is 2.27. The van der Waals surface area contributed by atoms with Crippen LogP contribution in [0.3, 0.4) is 0 Å². The second-order valence-electron chi connectivity index (χ2n) is 3.44. The molecule has 5 heteroatoms. The lowest BCUT2D eigenvalue weighted by molar-refractivity contribution is 0.729. The van der Waals surface area contributed by atoms with Crippen LogP contribution in [0.5, 0.6) is 0 Å².